The topological polar surface area (TPSA) is 112 Å². The summed E-state index contributed by atoms with van der Waals surface area (Å²) in [7, 11) is -2.89. The lowest BCUT2D eigenvalue weighted by molar-refractivity contribution is 0.0320. The Labute approximate surface area is 231 Å². The maximum atomic E-state index is 13.2. The summed E-state index contributed by atoms with van der Waals surface area (Å²) in [6.45, 7) is 6.66. The number of hydrogen-bond donors (Lipinski definition) is 0. The molecule has 2 aromatic rings. The fraction of sp³-hybridized carbons (Fsp3) is 0.440. The Morgan fingerprint density at radius 3 is 2.53 bits per heavy atom. The maximum absolute atomic E-state index is 13.2. The minimum absolute atomic E-state index is 0.00810. The lowest BCUT2D eigenvalue weighted by Crippen LogP contribution is -2.38. The first kappa shape index (κ1) is 28.4. The van der Waals surface area contributed by atoms with Gasteiger partial charge in [0.1, 0.15) is 28.6 Å². The highest BCUT2D eigenvalue weighted by Gasteiger charge is 2.44. The molecule has 2 aliphatic heterocycles. The van der Waals surface area contributed by atoms with Gasteiger partial charge in [-0.25, -0.2) is 13.2 Å². The third-order valence-electron chi connectivity index (χ3n) is 6.31. The highest BCUT2D eigenvalue weighted by Crippen LogP contribution is 2.39. The molecule has 0 bridgehead atoms. The summed E-state index contributed by atoms with van der Waals surface area (Å²) in [5, 5.41) is -0.0820. The van der Waals surface area contributed by atoms with Crippen LogP contribution in [-0.4, -0.2) is 82.8 Å². The van der Waals surface area contributed by atoms with Crippen molar-refractivity contribution in [3.8, 4) is 11.5 Å². The van der Waals surface area contributed by atoms with Crippen LogP contribution in [0.3, 0.4) is 0 Å². The fourth-order valence-corrected chi connectivity index (χ4v) is 6.27. The number of halogens is 2. The molecule has 10 nitrogen and oxygen atoms in total. The van der Waals surface area contributed by atoms with E-state index in [0.29, 0.717) is 42.0 Å². The minimum Gasteiger partial charge on any atom is -0.497 e. The smallest absolute Gasteiger partial charge is 0.343 e. The molecule has 1 fully saturated rings. The highest BCUT2D eigenvalue weighted by atomic mass is 35.5. The van der Waals surface area contributed by atoms with Crippen LogP contribution in [0.4, 0.5) is 0 Å². The summed E-state index contributed by atoms with van der Waals surface area (Å²) in [4.78, 5) is 28.1. The number of carbonyl (C=O) groups is 2. The number of esters is 1. The third kappa shape index (κ3) is 5.57. The summed E-state index contributed by atoms with van der Waals surface area (Å²) < 4.78 is 48.4. The molecule has 0 N–H and O–H groups in total. The van der Waals surface area contributed by atoms with E-state index in [1.54, 1.807) is 6.07 Å². The van der Waals surface area contributed by atoms with E-state index < -0.39 is 28.6 Å². The van der Waals surface area contributed by atoms with Gasteiger partial charge in [-0.1, -0.05) is 37.0 Å². The number of methoxy groups -OCH3 is 1. The van der Waals surface area contributed by atoms with Crippen LogP contribution in [-0.2, 0) is 19.5 Å². The molecule has 0 atom stereocenters. The molecule has 2 aliphatic rings. The van der Waals surface area contributed by atoms with E-state index >= 15 is 0 Å². The first-order chi connectivity index (χ1) is 18.1. The Bertz CT molecular complexity index is 1340. The summed E-state index contributed by atoms with van der Waals surface area (Å²) in [5.74, 6) is -1.44. The number of rotatable bonds is 9. The maximum Gasteiger partial charge on any atom is 0.343 e. The molecule has 1 amide bonds. The van der Waals surface area contributed by atoms with Crippen molar-refractivity contribution in [2.45, 2.75) is 24.7 Å². The van der Waals surface area contributed by atoms with Crippen LogP contribution in [0.2, 0.25) is 10.0 Å². The predicted molar refractivity (Wildman–Crippen MR) is 140 cm³/mol. The fourth-order valence-electron chi connectivity index (χ4n) is 4.23. The SMILES string of the molecule is COc1cc(C(C)C)c2c(c1)S(=O)(=O)N(COC(=O)c1c(Cl)ccc(OCCN3CCOCC3)c1Cl)C2=O. The number of hydrogen-bond acceptors (Lipinski definition) is 9. The van der Waals surface area contributed by atoms with Crippen LogP contribution in [0.15, 0.2) is 29.2 Å². The van der Waals surface area contributed by atoms with Gasteiger partial charge in [0.2, 0.25) is 0 Å². The molecular formula is C25H28Cl2N2O8S. The van der Waals surface area contributed by atoms with E-state index in [0.717, 1.165) is 13.1 Å². The zero-order valence-electron chi connectivity index (χ0n) is 21.2. The molecule has 13 heteroatoms. The normalized spacial score (nSPS) is 17.0. The van der Waals surface area contributed by atoms with Crippen molar-refractivity contribution in [3.05, 3.63) is 51.0 Å². The number of sulfonamides is 1. The van der Waals surface area contributed by atoms with E-state index in [1.807, 2.05) is 13.8 Å². The average molecular weight is 587 g/mol. The number of nitrogens with zero attached hydrogens (tertiary/aromatic N) is 2. The predicted octanol–water partition coefficient (Wildman–Crippen LogP) is 3.80. The van der Waals surface area contributed by atoms with E-state index in [4.69, 9.17) is 42.1 Å². The molecule has 1 saturated heterocycles. The molecule has 0 saturated carbocycles. The second-order valence-electron chi connectivity index (χ2n) is 9.00. The van der Waals surface area contributed by atoms with Gasteiger partial charge in [0.15, 0.2) is 6.73 Å². The van der Waals surface area contributed by atoms with E-state index in [1.165, 1.54) is 25.3 Å². The van der Waals surface area contributed by atoms with Crippen molar-refractivity contribution in [1.29, 1.82) is 0 Å². The second-order valence-corrected chi connectivity index (χ2v) is 11.6. The average Bonchev–Trinajstić information content (AvgIpc) is 3.08. The molecule has 0 unspecified atom stereocenters. The van der Waals surface area contributed by atoms with E-state index in [-0.39, 0.29) is 37.7 Å². The van der Waals surface area contributed by atoms with Crippen LogP contribution < -0.4 is 9.47 Å². The van der Waals surface area contributed by atoms with E-state index in [2.05, 4.69) is 4.90 Å². The summed E-state index contributed by atoms with van der Waals surface area (Å²) in [6.07, 6.45) is 0. The van der Waals surface area contributed by atoms with Crippen LogP contribution >= 0.6 is 23.2 Å². The zero-order valence-corrected chi connectivity index (χ0v) is 23.5. The number of morpholine rings is 1. The lowest BCUT2D eigenvalue weighted by Gasteiger charge is -2.26. The van der Waals surface area contributed by atoms with Gasteiger partial charge >= 0.3 is 5.97 Å². The van der Waals surface area contributed by atoms with Crippen LogP contribution in [0.5, 0.6) is 11.5 Å². The Morgan fingerprint density at radius 2 is 1.87 bits per heavy atom. The molecule has 0 aromatic heterocycles. The summed E-state index contributed by atoms with van der Waals surface area (Å²) >= 11 is 12.6. The van der Waals surface area contributed by atoms with Gasteiger partial charge in [-0.05, 0) is 29.7 Å². The van der Waals surface area contributed by atoms with Crippen LogP contribution in [0.25, 0.3) is 0 Å². The Hall–Kier alpha value is -2.57. The van der Waals surface area contributed by atoms with Crippen molar-refractivity contribution >= 4 is 45.1 Å². The van der Waals surface area contributed by atoms with Gasteiger partial charge in [-0.3, -0.25) is 9.69 Å². The first-order valence-electron chi connectivity index (χ1n) is 11.9. The summed E-state index contributed by atoms with van der Waals surface area (Å²) in [5.41, 5.74) is 0.349. The van der Waals surface area contributed by atoms with Crippen molar-refractivity contribution in [3.63, 3.8) is 0 Å². The third-order valence-corrected chi connectivity index (χ3v) is 8.73. The zero-order chi connectivity index (χ0) is 27.6. The van der Waals surface area contributed by atoms with Gasteiger partial charge < -0.3 is 18.9 Å². The van der Waals surface area contributed by atoms with Gasteiger partial charge in [0.25, 0.3) is 15.9 Å². The lowest BCUT2D eigenvalue weighted by atomic mass is 9.96. The van der Waals surface area contributed by atoms with Crippen molar-refractivity contribution in [1.82, 2.24) is 9.21 Å². The molecule has 0 aliphatic carbocycles. The molecule has 2 heterocycles. The van der Waals surface area contributed by atoms with E-state index in [9.17, 15) is 18.0 Å². The number of carbonyl (C=O) groups excluding carboxylic acids is 2. The minimum atomic E-state index is -4.29. The summed E-state index contributed by atoms with van der Waals surface area (Å²) in [6, 6.07) is 5.87. The van der Waals surface area contributed by atoms with Crippen LogP contribution in [0, 0.1) is 0 Å². The second kappa shape index (κ2) is 11.7. The molecular weight excluding hydrogens is 559 g/mol. The van der Waals surface area contributed by atoms with Crippen molar-refractivity contribution < 1.29 is 37.0 Å². The van der Waals surface area contributed by atoms with Gasteiger partial charge in [-0.15, -0.1) is 0 Å². The van der Waals surface area contributed by atoms with Gasteiger partial charge in [0, 0.05) is 25.7 Å². The van der Waals surface area contributed by atoms with Crippen LogP contribution in [0.1, 0.15) is 46.0 Å². The number of fused-ring (bicyclic) bond motifs is 1. The van der Waals surface area contributed by atoms with Crippen molar-refractivity contribution in [2.24, 2.45) is 0 Å². The van der Waals surface area contributed by atoms with Crippen molar-refractivity contribution in [2.75, 3.05) is 53.3 Å². The van der Waals surface area contributed by atoms with Gasteiger partial charge in [-0.2, -0.15) is 4.31 Å². The molecule has 4 rings (SSSR count). The Kier molecular flexibility index (Phi) is 8.73. The number of benzene rings is 2. The first-order valence-corrected chi connectivity index (χ1v) is 14.1. The standard InChI is InChI=1S/C25H28Cl2N2O8S/c1-15(2)17-12-16(34-3)13-20-21(17)24(30)29(38(20,32)33)14-37-25(31)22-18(26)4-5-19(23(22)27)36-11-8-28-6-9-35-10-7-28/h4-5,12-13,15H,6-11,14H2,1-3H3. The molecule has 0 spiro atoms. The molecule has 206 valence electrons. The Balaban J connectivity index is 1.49. The quantitative estimate of drug-likeness (QED) is 0.405. The number of amides is 1. The molecule has 2 aromatic carbocycles. The highest BCUT2D eigenvalue weighted by molar-refractivity contribution is 7.90. The molecule has 38 heavy (non-hydrogen) atoms. The molecule has 0 radical (unpaired) electrons. The number of ether oxygens (including phenoxy) is 4. The van der Waals surface area contributed by atoms with Gasteiger partial charge in [0.05, 0.1) is 35.9 Å². The largest absolute Gasteiger partial charge is 0.497 e. The Morgan fingerprint density at radius 1 is 1.16 bits per heavy atom. The monoisotopic (exact) mass is 586 g/mol.